The number of benzene rings is 2. The molecule has 158 valence electrons. The first-order valence-corrected chi connectivity index (χ1v) is 10.5. The summed E-state index contributed by atoms with van der Waals surface area (Å²) in [5.74, 6) is -0.719. The Labute approximate surface area is 182 Å². The number of amides is 2. The van der Waals surface area contributed by atoms with Crippen LogP contribution in [0.3, 0.4) is 0 Å². The number of Topliss-reactive ketones (excluding diaryl/α,β-unsaturated/α-hetero) is 1. The number of carbonyl (C=O) groups excluding carboxylic acids is 3. The summed E-state index contributed by atoms with van der Waals surface area (Å²) in [5.41, 5.74) is 8.68. The molecule has 5 heteroatoms. The van der Waals surface area contributed by atoms with E-state index in [0.717, 1.165) is 16.8 Å². The standard InChI is InChI=1S/C26H26N2O3/c1-26(2)15-21-24(22(29)16-26)19(9-8-17-6-4-3-5-7-17)14-23(30)28(21)20-12-10-18(11-13-20)25(27)31/h3-13,19H,14-16H2,1-2H3,(H2,27,31)/b9-8+. The Morgan fingerprint density at radius 3 is 2.35 bits per heavy atom. The first-order valence-electron chi connectivity index (χ1n) is 10.5. The fraction of sp³-hybridized carbons (Fsp3) is 0.269. The molecular formula is C26H26N2O3. The Hall–Kier alpha value is -3.47. The van der Waals surface area contributed by atoms with Crippen molar-refractivity contribution in [1.29, 1.82) is 0 Å². The molecule has 2 N–H and O–H groups in total. The Bertz CT molecular complexity index is 1100. The number of rotatable bonds is 4. The van der Waals surface area contributed by atoms with Crippen LogP contribution in [0, 0.1) is 11.3 Å². The van der Waals surface area contributed by atoms with Crippen molar-refractivity contribution in [1.82, 2.24) is 0 Å². The first kappa shape index (κ1) is 20.8. The number of hydrogen-bond acceptors (Lipinski definition) is 3. The lowest BCUT2D eigenvalue weighted by atomic mass is 9.70. The number of ketones is 1. The lowest BCUT2D eigenvalue weighted by Crippen LogP contribution is -2.44. The van der Waals surface area contributed by atoms with E-state index in [1.165, 1.54) is 0 Å². The summed E-state index contributed by atoms with van der Waals surface area (Å²) in [6, 6.07) is 16.5. The third-order valence-electron chi connectivity index (χ3n) is 5.91. The molecule has 0 bridgehead atoms. The van der Waals surface area contributed by atoms with Gasteiger partial charge in [-0.15, -0.1) is 0 Å². The Balaban J connectivity index is 1.78. The summed E-state index contributed by atoms with van der Waals surface area (Å²) in [5, 5.41) is 0. The topological polar surface area (TPSA) is 80.5 Å². The molecule has 1 aliphatic carbocycles. The third kappa shape index (κ3) is 4.22. The molecule has 1 atom stereocenters. The van der Waals surface area contributed by atoms with Crippen molar-refractivity contribution in [3.8, 4) is 0 Å². The summed E-state index contributed by atoms with van der Waals surface area (Å²) >= 11 is 0. The molecule has 0 aromatic heterocycles. The Morgan fingerprint density at radius 1 is 1.03 bits per heavy atom. The fourth-order valence-electron chi connectivity index (χ4n) is 4.48. The molecule has 5 nitrogen and oxygen atoms in total. The van der Waals surface area contributed by atoms with Gasteiger partial charge in [-0.3, -0.25) is 19.3 Å². The molecule has 31 heavy (non-hydrogen) atoms. The number of nitrogens with zero attached hydrogens (tertiary/aromatic N) is 1. The van der Waals surface area contributed by atoms with E-state index in [2.05, 4.69) is 13.8 Å². The van der Waals surface area contributed by atoms with Gasteiger partial charge in [-0.25, -0.2) is 0 Å². The average molecular weight is 415 g/mol. The summed E-state index contributed by atoms with van der Waals surface area (Å²) < 4.78 is 0. The van der Waals surface area contributed by atoms with Gasteiger partial charge in [0.25, 0.3) is 0 Å². The molecule has 1 aliphatic heterocycles. The molecule has 1 heterocycles. The molecule has 2 aliphatic rings. The monoisotopic (exact) mass is 414 g/mol. The van der Waals surface area contributed by atoms with Crippen LogP contribution in [-0.2, 0) is 9.59 Å². The van der Waals surface area contributed by atoms with Crippen LogP contribution in [0.5, 0.6) is 0 Å². The Morgan fingerprint density at radius 2 is 1.71 bits per heavy atom. The Kier molecular flexibility index (Phi) is 5.36. The highest BCUT2D eigenvalue weighted by Crippen LogP contribution is 2.45. The molecule has 0 radical (unpaired) electrons. The molecule has 2 aromatic carbocycles. The zero-order valence-electron chi connectivity index (χ0n) is 17.8. The summed E-state index contributed by atoms with van der Waals surface area (Å²) in [4.78, 5) is 39.5. The largest absolute Gasteiger partial charge is 0.366 e. The van der Waals surface area contributed by atoms with E-state index in [9.17, 15) is 14.4 Å². The molecule has 4 rings (SSSR count). The molecule has 0 spiro atoms. The van der Waals surface area contributed by atoms with Crippen LogP contribution in [-0.4, -0.2) is 17.6 Å². The predicted molar refractivity (Wildman–Crippen MR) is 121 cm³/mol. The van der Waals surface area contributed by atoms with Gasteiger partial charge in [0, 0.05) is 41.3 Å². The number of nitrogens with two attached hydrogens (primary N) is 1. The third-order valence-corrected chi connectivity index (χ3v) is 5.91. The van der Waals surface area contributed by atoms with Gasteiger partial charge >= 0.3 is 0 Å². The van der Waals surface area contributed by atoms with Gasteiger partial charge in [-0.1, -0.05) is 56.3 Å². The summed E-state index contributed by atoms with van der Waals surface area (Å²) in [6.45, 7) is 4.11. The lowest BCUT2D eigenvalue weighted by molar-refractivity contribution is -0.121. The van der Waals surface area contributed by atoms with Gasteiger partial charge in [-0.2, -0.15) is 0 Å². The smallest absolute Gasteiger partial charge is 0.248 e. The van der Waals surface area contributed by atoms with Crippen molar-refractivity contribution in [2.24, 2.45) is 17.1 Å². The van der Waals surface area contributed by atoms with Crippen LogP contribution in [0.1, 0.15) is 49.0 Å². The molecule has 0 saturated carbocycles. The highest BCUT2D eigenvalue weighted by atomic mass is 16.2. The zero-order valence-corrected chi connectivity index (χ0v) is 17.8. The van der Waals surface area contributed by atoms with Crippen LogP contribution < -0.4 is 10.6 Å². The normalized spacial score (nSPS) is 20.8. The molecular weight excluding hydrogens is 388 g/mol. The van der Waals surface area contributed by atoms with Gasteiger partial charge in [0.15, 0.2) is 5.78 Å². The maximum Gasteiger partial charge on any atom is 0.248 e. The fourth-order valence-corrected chi connectivity index (χ4v) is 4.48. The first-order chi connectivity index (χ1) is 14.7. The van der Waals surface area contributed by atoms with E-state index >= 15 is 0 Å². The van der Waals surface area contributed by atoms with Crippen molar-refractivity contribution in [2.75, 3.05) is 4.90 Å². The van der Waals surface area contributed by atoms with Crippen molar-refractivity contribution in [3.05, 3.63) is 83.1 Å². The number of carbonyl (C=O) groups is 3. The highest BCUT2D eigenvalue weighted by Gasteiger charge is 2.43. The van der Waals surface area contributed by atoms with Crippen LogP contribution >= 0.6 is 0 Å². The van der Waals surface area contributed by atoms with Crippen LogP contribution in [0.25, 0.3) is 6.08 Å². The quantitative estimate of drug-likeness (QED) is 0.800. The van der Waals surface area contributed by atoms with Crippen molar-refractivity contribution in [3.63, 3.8) is 0 Å². The number of anilines is 1. The summed E-state index contributed by atoms with van der Waals surface area (Å²) in [7, 11) is 0. The van der Waals surface area contributed by atoms with Crippen molar-refractivity contribution in [2.45, 2.75) is 33.1 Å². The van der Waals surface area contributed by atoms with E-state index in [0.29, 0.717) is 24.1 Å². The lowest BCUT2D eigenvalue weighted by Gasteiger charge is -2.42. The molecule has 0 saturated heterocycles. The summed E-state index contributed by atoms with van der Waals surface area (Å²) in [6.07, 6.45) is 5.28. The van der Waals surface area contributed by atoms with E-state index in [1.807, 2.05) is 42.5 Å². The molecule has 2 amide bonds. The second kappa shape index (κ2) is 7.99. The van der Waals surface area contributed by atoms with Crippen molar-refractivity contribution >= 4 is 29.4 Å². The van der Waals surface area contributed by atoms with E-state index in [-0.39, 0.29) is 29.4 Å². The van der Waals surface area contributed by atoms with Crippen LogP contribution in [0.15, 0.2) is 71.9 Å². The van der Waals surface area contributed by atoms with Gasteiger partial charge in [-0.05, 0) is 41.7 Å². The van der Waals surface area contributed by atoms with Crippen molar-refractivity contribution < 1.29 is 14.4 Å². The number of hydrogen-bond donors (Lipinski definition) is 1. The molecule has 0 fully saturated rings. The van der Waals surface area contributed by atoms with Crippen LogP contribution in [0.4, 0.5) is 5.69 Å². The zero-order chi connectivity index (χ0) is 22.2. The van der Waals surface area contributed by atoms with E-state index in [1.54, 1.807) is 29.2 Å². The second-order valence-corrected chi connectivity index (χ2v) is 9.02. The predicted octanol–water partition coefficient (Wildman–Crippen LogP) is 4.50. The minimum Gasteiger partial charge on any atom is -0.366 e. The van der Waals surface area contributed by atoms with Crippen LogP contribution in [0.2, 0.25) is 0 Å². The number of allylic oxidation sites excluding steroid dienone is 3. The van der Waals surface area contributed by atoms with Gasteiger partial charge < -0.3 is 5.73 Å². The van der Waals surface area contributed by atoms with E-state index in [4.69, 9.17) is 5.73 Å². The maximum atomic E-state index is 13.3. The minimum absolute atomic E-state index is 0.0567. The minimum atomic E-state index is -0.517. The number of primary amides is 1. The van der Waals surface area contributed by atoms with Gasteiger partial charge in [0.05, 0.1) is 0 Å². The molecule has 2 aromatic rings. The van der Waals surface area contributed by atoms with Gasteiger partial charge in [0.2, 0.25) is 11.8 Å². The SMILES string of the molecule is CC1(C)CC(=O)C2=C(C1)N(c1ccc(C(N)=O)cc1)C(=O)CC2/C=C/c1ccccc1. The second-order valence-electron chi connectivity index (χ2n) is 9.02. The highest BCUT2D eigenvalue weighted by molar-refractivity contribution is 6.07. The maximum absolute atomic E-state index is 13.3. The molecule has 1 unspecified atom stereocenters. The van der Waals surface area contributed by atoms with E-state index < -0.39 is 5.91 Å². The van der Waals surface area contributed by atoms with Gasteiger partial charge in [0.1, 0.15) is 0 Å². The average Bonchev–Trinajstić information content (AvgIpc) is 2.71.